The Morgan fingerprint density at radius 3 is 3.00 bits per heavy atom. The van der Waals surface area contributed by atoms with Gasteiger partial charge in [-0.05, 0) is 52.5 Å². The molecule has 0 saturated carbocycles. The van der Waals surface area contributed by atoms with Crippen molar-refractivity contribution in [2.45, 2.75) is 25.8 Å². The van der Waals surface area contributed by atoms with Crippen LogP contribution in [-0.2, 0) is 4.74 Å². The van der Waals surface area contributed by atoms with Crippen molar-refractivity contribution in [2.24, 2.45) is 0 Å². The van der Waals surface area contributed by atoms with Crippen LogP contribution < -0.4 is 5.32 Å². The molecule has 1 aliphatic rings. The highest BCUT2D eigenvalue weighted by Gasteiger charge is 2.21. The zero-order valence-electron chi connectivity index (χ0n) is 10.4. The Morgan fingerprint density at radius 1 is 1.50 bits per heavy atom. The van der Waals surface area contributed by atoms with E-state index in [1.54, 1.807) is 6.07 Å². The second kappa shape index (κ2) is 6.34. The van der Waals surface area contributed by atoms with E-state index in [1.165, 1.54) is 11.6 Å². The Hall–Kier alpha value is -0.870. The quantitative estimate of drug-likeness (QED) is 0.909. The number of ether oxygens (including phenoxy) is 1. The van der Waals surface area contributed by atoms with Crippen LogP contribution in [0.25, 0.3) is 0 Å². The molecule has 2 rings (SSSR count). The topological polar surface area (TPSA) is 21.3 Å². The number of rotatable bonds is 4. The summed E-state index contributed by atoms with van der Waals surface area (Å²) in [5, 5.41) is 3.39. The lowest BCUT2D eigenvalue weighted by Gasteiger charge is -2.25. The van der Waals surface area contributed by atoms with Crippen LogP contribution in [0.1, 0.15) is 31.4 Å². The highest BCUT2D eigenvalue weighted by atomic mass is 79.9. The normalized spacial score (nSPS) is 16.9. The van der Waals surface area contributed by atoms with Crippen molar-refractivity contribution in [1.29, 1.82) is 0 Å². The van der Waals surface area contributed by atoms with Gasteiger partial charge in [-0.3, -0.25) is 0 Å². The molecule has 0 fully saturated rings. The highest BCUT2D eigenvalue weighted by Crippen LogP contribution is 2.33. The largest absolute Gasteiger partial charge is 0.501 e. The third-order valence-corrected chi connectivity index (χ3v) is 3.87. The third kappa shape index (κ3) is 2.93. The number of likely N-dealkylation sites (N-methyl/N-ethyl adjacent to an activating group) is 1. The maximum absolute atomic E-state index is 13.6. The summed E-state index contributed by atoms with van der Waals surface area (Å²) in [6, 6.07) is 5.16. The molecule has 0 bridgehead atoms. The summed E-state index contributed by atoms with van der Waals surface area (Å²) in [6.45, 7) is 3.64. The summed E-state index contributed by atoms with van der Waals surface area (Å²) in [4.78, 5) is 0. The van der Waals surface area contributed by atoms with Crippen LogP contribution in [0, 0.1) is 5.82 Å². The third-order valence-electron chi connectivity index (χ3n) is 3.03. The van der Waals surface area contributed by atoms with Crippen LogP contribution >= 0.6 is 15.9 Å². The molecule has 0 saturated heterocycles. The monoisotopic (exact) mass is 313 g/mol. The van der Waals surface area contributed by atoms with Crippen molar-refractivity contribution in [3.63, 3.8) is 0 Å². The lowest BCUT2D eigenvalue weighted by Crippen LogP contribution is -2.24. The molecule has 0 aromatic heterocycles. The molecule has 1 heterocycles. The molecule has 1 aromatic rings. The summed E-state index contributed by atoms with van der Waals surface area (Å²) in [6.07, 6.45) is 3.81. The van der Waals surface area contributed by atoms with E-state index in [0.717, 1.165) is 31.6 Å². The molecule has 1 aromatic carbocycles. The van der Waals surface area contributed by atoms with Gasteiger partial charge in [0.05, 0.1) is 23.4 Å². The summed E-state index contributed by atoms with van der Waals surface area (Å²) in [5.74, 6) is -0.229. The predicted molar refractivity (Wildman–Crippen MR) is 73.8 cm³/mol. The van der Waals surface area contributed by atoms with Gasteiger partial charge >= 0.3 is 0 Å². The molecule has 2 nitrogen and oxygen atoms in total. The van der Waals surface area contributed by atoms with Crippen LogP contribution in [-0.4, -0.2) is 13.2 Å². The van der Waals surface area contributed by atoms with Gasteiger partial charge in [-0.1, -0.05) is 19.1 Å². The van der Waals surface area contributed by atoms with Crippen molar-refractivity contribution < 1.29 is 9.13 Å². The molecule has 1 N–H and O–H groups in total. The Morgan fingerprint density at radius 2 is 2.33 bits per heavy atom. The van der Waals surface area contributed by atoms with Crippen molar-refractivity contribution in [1.82, 2.24) is 5.32 Å². The average molecular weight is 314 g/mol. The first-order valence-electron chi connectivity index (χ1n) is 6.22. The molecule has 1 aliphatic heterocycles. The Labute approximate surface area is 115 Å². The number of nitrogens with one attached hydrogen (secondary N) is 1. The second-order valence-corrected chi connectivity index (χ2v) is 5.09. The minimum atomic E-state index is -0.229. The van der Waals surface area contributed by atoms with Crippen LogP contribution in [0.15, 0.2) is 34.5 Å². The van der Waals surface area contributed by atoms with Crippen molar-refractivity contribution in [2.75, 3.05) is 13.2 Å². The van der Waals surface area contributed by atoms with Gasteiger partial charge in [0, 0.05) is 0 Å². The van der Waals surface area contributed by atoms with Crippen LogP contribution in [0.2, 0.25) is 0 Å². The molecular formula is C14H17BrFNO. The number of halogens is 2. The molecule has 0 aliphatic carbocycles. The molecule has 0 spiro atoms. The predicted octanol–water partition coefficient (Wildman–Crippen LogP) is 3.93. The van der Waals surface area contributed by atoms with Crippen molar-refractivity contribution in [3.8, 4) is 0 Å². The lowest BCUT2D eigenvalue weighted by molar-refractivity contribution is 0.219. The first-order valence-corrected chi connectivity index (χ1v) is 7.01. The van der Waals surface area contributed by atoms with Crippen LogP contribution in [0.4, 0.5) is 4.39 Å². The average Bonchev–Trinajstić information content (AvgIpc) is 2.41. The van der Waals surface area contributed by atoms with Gasteiger partial charge in [0.25, 0.3) is 0 Å². The minimum Gasteiger partial charge on any atom is -0.501 e. The summed E-state index contributed by atoms with van der Waals surface area (Å²) < 4.78 is 19.5. The van der Waals surface area contributed by atoms with E-state index in [4.69, 9.17) is 4.74 Å². The first kappa shape index (κ1) is 13.6. The van der Waals surface area contributed by atoms with Crippen LogP contribution in [0.3, 0.4) is 0 Å². The maximum atomic E-state index is 13.6. The minimum absolute atomic E-state index is 0.0142. The number of benzene rings is 1. The highest BCUT2D eigenvalue weighted by molar-refractivity contribution is 9.10. The molecule has 0 amide bonds. The fourth-order valence-electron chi connectivity index (χ4n) is 2.19. The second-order valence-electron chi connectivity index (χ2n) is 4.30. The van der Waals surface area contributed by atoms with Crippen molar-refractivity contribution in [3.05, 3.63) is 45.9 Å². The van der Waals surface area contributed by atoms with Gasteiger partial charge in [-0.25, -0.2) is 4.39 Å². The van der Waals surface area contributed by atoms with Gasteiger partial charge in [0.15, 0.2) is 0 Å². The maximum Gasteiger partial charge on any atom is 0.137 e. The lowest BCUT2D eigenvalue weighted by atomic mass is 9.95. The molecular weight excluding hydrogens is 297 g/mol. The number of hydrogen-bond donors (Lipinski definition) is 1. The first-order chi connectivity index (χ1) is 8.74. The van der Waals surface area contributed by atoms with Gasteiger partial charge in [-0.2, -0.15) is 0 Å². The van der Waals surface area contributed by atoms with E-state index < -0.39 is 0 Å². The molecule has 1 atom stereocenters. The molecule has 18 heavy (non-hydrogen) atoms. The van der Waals surface area contributed by atoms with Gasteiger partial charge in [0.2, 0.25) is 0 Å². The van der Waals surface area contributed by atoms with E-state index in [2.05, 4.69) is 21.2 Å². The molecule has 0 radical (unpaired) electrons. The SMILES string of the molecule is CCNC(C1=COCCC1)c1cccc(F)c1Br. The Kier molecular flexibility index (Phi) is 4.78. The van der Waals surface area contributed by atoms with Crippen molar-refractivity contribution >= 4 is 15.9 Å². The van der Waals surface area contributed by atoms with E-state index in [0.29, 0.717) is 4.47 Å². The summed E-state index contributed by atoms with van der Waals surface area (Å²) >= 11 is 3.33. The Bertz CT molecular complexity index is 447. The Balaban J connectivity index is 2.34. The molecule has 4 heteroatoms. The van der Waals surface area contributed by atoms with Gasteiger partial charge in [-0.15, -0.1) is 0 Å². The fraction of sp³-hybridized carbons (Fsp3) is 0.429. The summed E-state index contributed by atoms with van der Waals surface area (Å²) in [7, 11) is 0. The van der Waals surface area contributed by atoms with Gasteiger partial charge in [0.1, 0.15) is 5.82 Å². The van der Waals surface area contributed by atoms with E-state index in [9.17, 15) is 4.39 Å². The van der Waals surface area contributed by atoms with E-state index in [-0.39, 0.29) is 11.9 Å². The number of hydrogen-bond acceptors (Lipinski definition) is 2. The molecule has 98 valence electrons. The standard InChI is InChI=1S/C14H17BrFNO/c1-2-17-14(10-5-4-8-18-9-10)11-6-3-7-12(16)13(11)15/h3,6-7,9,14,17H,2,4-5,8H2,1H3. The smallest absolute Gasteiger partial charge is 0.137 e. The zero-order chi connectivity index (χ0) is 13.0. The van der Waals surface area contributed by atoms with Crippen LogP contribution in [0.5, 0.6) is 0 Å². The van der Waals surface area contributed by atoms with E-state index >= 15 is 0 Å². The van der Waals surface area contributed by atoms with Gasteiger partial charge < -0.3 is 10.1 Å². The summed E-state index contributed by atoms with van der Waals surface area (Å²) in [5.41, 5.74) is 2.10. The zero-order valence-corrected chi connectivity index (χ0v) is 12.0. The molecule has 1 unspecified atom stereocenters. The fourth-order valence-corrected chi connectivity index (χ4v) is 2.68. The van der Waals surface area contributed by atoms with E-state index in [1.807, 2.05) is 19.3 Å².